The van der Waals surface area contributed by atoms with Crippen LogP contribution in [0.15, 0.2) is 48.5 Å². The van der Waals surface area contributed by atoms with Gasteiger partial charge in [-0.1, -0.05) is 36.4 Å². The predicted octanol–water partition coefficient (Wildman–Crippen LogP) is 3.48. The molecule has 0 bridgehead atoms. The molecule has 2 N–H and O–H groups in total. The van der Waals surface area contributed by atoms with Gasteiger partial charge in [-0.3, -0.25) is 9.59 Å². The highest BCUT2D eigenvalue weighted by Crippen LogP contribution is 2.58. The van der Waals surface area contributed by atoms with Gasteiger partial charge in [0.25, 0.3) is 0 Å². The maximum atomic E-state index is 12.9. The smallest absolute Gasteiger partial charge is 0.314 e. The SMILES string of the molecule is COC(=O)[C@H]1[C@@H]2c3ccccc3N[C@@H]2c2[nH]c3ccccc3c2[C@H]1C(=O)OC. The molecule has 1 aliphatic heterocycles. The number of aromatic amines is 1. The van der Waals surface area contributed by atoms with E-state index in [0.717, 1.165) is 33.4 Å². The molecule has 0 spiro atoms. The number of aromatic nitrogens is 1. The van der Waals surface area contributed by atoms with Crippen molar-refractivity contribution in [1.82, 2.24) is 4.98 Å². The second-order valence-electron chi connectivity index (χ2n) is 7.28. The normalized spacial score (nSPS) is 24.6. The average molecular weight is 376 g/mol. The van der Waals surface area contributed by atoms with E-state index in [1.54, 1.807) is 0 Å². The number of methoxy groups -OCH3 is 2. The zero-order valence-electron chi connectivity index (χ0n) is 15.6. The molecule has 0 saturated heterocycles. The summed E-state index contributed by atoms with van der Waals surface area (Å²) < 4.78 is 10.3. The van der Waals surface area contributed by atoms with E-state index in [9.17, 15) is 9.59 Å². The summed E-state index contributed by atoms with van der Waals surface area (Å²) in [5, 5.41) is 4.48. The van der Waals surface area contributed by atoms with Crippen LogP contribution < -0.4 is 5.32 Å². The lowest BCUT2D eigenvalue weighted by Gasteiger charge is -2.37. The molecule has 2 aliphatic rings. The van der Waals surface area contributed by atoms with Crippen molar-refractivity contribution in [1.29, 1.82) is 0 Å². The van der Waals surface area contributed by atoms with Gasteiger partial charge < -0.3 is 19.8 Å². The minimum absolute atomic E-state index is 0.148. The number of fused-ring (bicyclic) bond motifs is 7. The van der Waals surface area contributed by atoms with Crippen LogP contribution in [0.2, 0.25) is 0 Å². The van der Waals surface area contributed by atoms with Gasteiger partial charge >= 0.3 is 11.9 Å². The molecule has 28 heavy (non-hydrogen) atoms. The zero-order valence-corrected chi connectivity index (χ0v) is 15.6. The summed E-state index contributed by atoms with van der Waals surface area (Å²) in [5.74, 6) is -2.47. The lowest BCUT2D eigenvalue weighted by atomic mass is 9.67. The van der Waals surface area contributed by atoms with Crippen LogP contribution in [0.1, 0.15) is 34.7 Å². The van der Waals surface area contributed by atoms with Gasteiger partial charge in [-0.15, -0.1) is 0 Å². The van der Waals surface area contributed by atoms with E-state index in [1.165, 1.54) is 14.2 Å². The van der Waals surface area contributed by atoms with Crippen LogP contribution >= 0.6 is 0 Å². The quantitative estimate of drug-likeness (QED) is 0.670. The number of anilines is 1. The van der Waals surface area contributed by atoms with E-state index in [2.05, 4.69) is 10.3 Å². The topological polar surface area (TPSA) is 80.4 Å². The maximum absolute atomic E-state index is 12.9. The largest absolute Gasteiger partial charge is 0.469 e. The highest BCUT2D eigenvalue weighted by Gasteiger charge is 2.55. The summed E-state index contributed by atoms with van der Waals surface area (Å²) in [4.78, 5) is 29.4. The first-order valence-electron chi connectivity index (χ1n) is 9.27. The third kappa shape index (κ3) is 2.14. The number of hydrogen-bond donors (Lipinski definition) is 2. The summed E-state index contributed by atoms with van der Waals surface area (Å²) >= 11 is 0. The van der Waals surface area contributed by atoms with E-state index >= 15 is 0 Å². The summed E-state index contributed by atoms with van der Waals surface area (Å²) in [5.41, 5.74) is 4.67. The molecule has 3 aromatic rings. The Bertz CT molecular complexity index is 1100. The molecule has 142 valence electrons. The lowest BCUT2D eigenvalue weighted by Crippen LogP contribution is -2.40. The first kappa shape index (κ1) is 16.9. The first-order chi connectivity index (χ1) is 13.7. The number of carbonyl (C=O) groups is 2. The van der Waals surface area contributed by atoms with Crippen LogP contribution in [0, 0.1) is 5.92 Å². The van der Waals surface area contributed by atoms with Gasteiger partial charge in [-0.2, -0.15) is 0 Å². The Balaban J connectivity index is 1.83. The van der Waals surface area contributed by atoms with E-state index in [-0.39, 0.29) is 12.0 Å². The molecule has 2 aromatic carbocycles. The first-order valence-corrected chi connectivity index (χ1v) is 9.27. The number of hydrogen-bond acceptors (Lipinski definition) is 5. The molecule has 0 fully saturated rings. The number of rotatable bonds is 2. The van der Waals surface area contributed by atoms with Crippen molar-refractivity contribution in [3.05, 3.63) is 65.4 Å². The molecule has 1 aliphatic carbocycles. The highest BCUT2D eigenvalue weighted by molar-refractivity contribution is 5.96. The van der Waals surface area contributed by atoms with Gasteiger partial charge in [0.2, 0.25) is 0 Å². The van der Waals surface area contributed by atoms with Gasteiger partial charge in [-0.25, -0.2) is 0 Å². The van der Waals surface area contributed by atoms with Gasteiger partial charge in [-0.05, 0) is 23.3 Å². The average Bonchev–Trinajstić information content (AvgIpc) is 3.30. The Morgan fingerprint density at radius 2 is 1.64 bits per heavy atom. The van der Waals surface area contributed by atoms with Crippen molar-refractivity contribution in [2.75, 3.05) is 19.5 Å². The van der Waals surface area contributed by atoms with Gasteiger partial charge in [0, 0.05) is 28.2 Å². The molecule has 0 saturated carbocycles. The van der Waals surface area contributed by atoms with Crippen molar-refractivity contribution in [2.24, 2.45) is 5.92 Å². The molecular formula is C22H20N2O4. The fourth-order valence-electron chi connectivity index (χ4n) is 4.97. The second kappa shape index (κ2) is 6.12. The second-order valence-corrected chi connectivity index (χ2v) is 7.28. The molecule has 0 radical (unpaired) electrons. The Kier molecular flexibility index (Phi) is 3.69. The minimum Gasteiger partial charge on any atom is -0.469 e. The van der Waals surface area contributed by atoms with E-state index in [1.807, 2.05) is 48.5 Å². The van der Waals surface area contributed by atoms with Gasteiger partial charge in [0.05, 0.1) is 32.1 Å². The van der Waals surface area contributed by atoms with Crippen LogP contribution in [-0.4, -0.2) is 31.1 Å². The lowest BCUT2D eigenvalue weighted by molar-refractivity contribution is -0.155. The maximum Gasteiger partial charge on any atom is 0.314 e. The Hall–Kier alpha value is -3.28. The molecule has 5 rings (SSSR count). The fraction of sp³-hybridized carbons (Fsp3) is 0.273. The number of para-hydroxylation sites is 2. The van der Waals surface area contributed by atoms with Gasteiger partial charge in [0.1, 0.15) is 0 Å². The number of benzene rings is 2. The van der Waals surface area contributed by atoms with Crippen LogP contribution in [-0.2, 0) is 19.1 Å². The van der Waals surface area contributed by atoms with Crippen LogP contribution in [0.25, 0.3) is 10.9 Å². The van der Waals surface area contributed by atoms with E-state index in [0.29, 0.717) is 0 Å². The zero-order chi connectivity index (χ0) is 19.4. The van der Waals surface area contributed by atoms with Crippen LogP contribution in [0.4, 0.5) is 5.69 Å². The van der Waals surface area contributed by atoms with Crippen LogP contribution in [0.3, 0.4) is 0 Å². The number of carbonyl (C=O) groups excluding carboxylic acids is 2. The standard InChI is InChI=1S/C22H20N2O4/c1-27-21(25)17-15-11-7-3-5-9-13(11)23-19(15)20-16(18(17)22(26)28-2)12-8-4-6-10-14(12)24-20/h3-10,15,17-19,23-24H,1-2H3/t15-,17-,18+,19-/m0/s1. The molecule has 4 atom stereocenters. The van der Waals surface area contributed by atoms with Gasteiger partial charge in [0.15, 0.2) is 0 Å². The number of ether oxygens (including phenoxy) is 2. The summed E-state index contributed by atoms with van der Waals surface area (Å²) in [6, 6.07) is 15.6. The molecule has 0 unspecified atom stereocenters. The summed E-state index contributed by atoms with van der Waals surface area (Å²) in [6.45, 7) is 0. The van der Waals surface area contributed by atoms with E-state index in [4.69, 9.17) is 9.47 Å². The van der Waals surface area contributed by atoms with Crippen molar-refractivity contribution < 1.29 is 19.1 Å². The van der Waals surface area contributed by atoms with Crippen LogP contribution in [0.5, 0.6) is 0 Å². The van der Waals surface area contributed by atoms with Crippen molar-refractivity contribution in [2.45, 2.75) is 17.9 Å². The molecule has 6 nitrogen and oxygen atoms in total. The van der Waals surface area contributed by atoms with Crippen molar-refractivity contribution in [3.8, 4) is 0 Å². The minimum atomic E-state index is -0.738. The summed E-state index contributed by atoms with van der Waals surface area (Å²) in [6.07, 6.45) is 0. The monoisotopic (exact) mass is 376 g/mol. The van der Waals surface area contributed by atoms with Crippen molar-refractivity contribution >= 4 is 28.5 Å². The third-order valence-corrected chi connectivity index (χ3v) is 6.06. The molecule has 6 heteroatoms. The van der Waals surface area contributed by atoms with E-state index < -0.39 is 23.8 Å². The molecule has 1 aromatic heterocycles. The Morgan fingerprint density at radius 1 is 0.929 bits per heavy atom. The third-order valence-electron chi connectivity index (χ3n) is 6.06. The number of esters is 2. The Morgan fingerprint density at radius 3 is 2.43 bits per heavy atom. The summed E-state index contributed by atoms with van der Waals surface area (Å²) in [7, 11) is 2.73. The predicted molar refractivity (Wildman–Crippen MR) is 104 cm³/mol. The number of H-pyrrole nitrogens is 1. The molecular weight excluding hydrogens is 356 g/mol. The molecule has 0 amide bonds. The highest BCUT2D eigenvalue weighted by atomic mass is 16.5. The van der Waals surface area contributed by atoms with Crippen molar-refractivity contribution in [3.63, 3.8) is 0 Å². The Labute approximate surface area is 161 Å². The number of nitrogens with one attached hydrogen (secondary N) is 2. The fourth-order valence-corrected chi connectivity index (χ4v) is 4.97. The molecule has 2 heterocycles.